The van der Waals surface area contributed by atoms with Crippen LogP contribution in [0, 0.1) is 0 Å². The molecule has 0 N–H and O–H groups in total. The lowest BCUT2D eigenvalue weighted by atomic mass is 10.0. The van der Waals surface area contributed by atoms with Crippen molar-refractivity contribution in [2.24, 2.45) is 0 Å². The minimum Gasteiger partial charge on any atom is -0.306 e. The molecule has 2 heterocycles. The third-order valence-corrected chi connectivity index (χ3v) is 15.7. The Morgan fingerprint density at radius 1 is 0.357 bits per heavy atom. The molecule has 8 aromatic carbocycles. The first-order chi connectivity index (χ1) is 27.8. The van der Waals surface area contributed by atoms with Crippen LogP contribution in [-0.2, 0) is 0 Å². The Morgan fingerprint density at radius 2 is 0.821 bits per heavy atom. The minimum atomic E-state index is -2.70. The highest BCUT2D eigenvalue weighted by atomic mass is 28.3. The second-order valence-corrected chi connectivity index (χ2v) is 18.0. The van der Waals surface area contributed by atoms with Gasteiger partial charge in [0.25, 0.3) is 0 Å². The summed E-state index contributed by atoms with van der Waals surface area (Å²) < 4.78 is 2.31. The fourth-order valence-corrected chi connectivity index (χ4v) is 13.2. The van der Waals surface area contributed by atoms with Crippen molar-refractivity contribution in [3.63, 3.8) is 0 Å². The zero-order valence-electron chi connectivity index (χ0n) is 30.7. The van der Waals surface area contributed by atoms with Gasteiger partial charge in [-0.3, -0.25) is 0 Å². The topological polar surface area (TPSA) is 30.7 Å². The number of nitrogens with zero attached hydrogens (tertiary/aromatic N) is 3. The van der Waals surface area contributed by atoms with E-state index in [1.54, 1.807) is 0 Å². The molecule has 4 heteroatoms. The molecule has 0 spiro atoms. The molecule has 3 nitrogen and oxygen atoms in total. The number of benzene rings is 8. The second kappa shape index (κ2) is 14.3. The summed E-state index contributed by atoms with van der Waals surface area (Å²) in [5, 5.41) is 6.50. The highest BCUT2D eigenvalue weighted by molar-refractivity contribution is 7.19. The van der Waals surface area contributed by atoms with E-state index in [-0.39, 0.29) is 0 Å². The first kappa shape index (κ1) is 33.4. The smallest absolute Gasteiger partial charge is 0.179 e. The maximum Gasteiger partial charge on any atom is 0.179 e. The molecule has 0 aliphatic carbocycles. The molecule has 0 bridgehead atoms. The maximum absolute atomic E-state index is 5.41. The van der Waals surface area contributed by atoms with Crippen LogP contribution in [0.3, 0.4) is 0 Å². The van der Waals surface area contributed by atoms with Gasteiger partial charge in [0.1, 0.15) is 5.52 Å². The fourth-order valence-electron chi connectivity index (χ4n) is 8.45. The van der Waals surface area contributed by atoms with E-state index in [2.05, 4.69) is 229 Å². The molecule has 0 aliphatic rings. The van der Waals surface area contributed by atoms with Crippen molar-refractivity contribution in [3.8, 4) is 39.5 Å². The number of hydrogen-bond acceptors (Lipinski definition) is 2. The quantitative estimate of drug-likeness (QED) is 0.115. The molecule has 0 unspecified atom stereocenters. The van der Waals surface area contributed by atoms with Gasteiger partial charge in [-0.15, -0.1) is 0 Å². The van der Waals surface area contributed by atoms with Crippen LogP contribution in [0.4, 0.5) is 0 Å². The van der Waals surface area contributed by atoms with Crippen molar-refractivity contribution in [2.45, 2.75) is 0 Å². The monoisotopic (exact) mass is 731 g/mol. The van der Waals surface area contributed by atoms with Crippen LogP contribution in [0.1, 0.15) is 0 Å². The molecule has 10 rings (SSSR count). The summed E-state index contributed by atoms with van der Waals surface area (Å²) in [6.07, 6.45) is 0. The lowest BCUT2D eigenvalue weighted by Gasteiger charge is -2.34. The number of para-hydroxylation sites is 2. The van der Waals surface area contributed by atoms with Crippen LogP contribution in [0.5, 0.6) is 0 Å². The molecule has 0 radical (unpaired) electrons. The Labute approximate surface area is 327 Å². The van der Waals surface area contributed by atoms with Crippen molar-refractivity contribution in [3.05, 3.63) is 224 Å². The number of fused-ring (bicyclic) bond motifs is 3. The van der Waals surface area contributed by atoms with E-state index in [0.29, 0.717) is 5.82 Å². The average Bonchev–Trinajstić information content (AvgIpc) is 3.63. The Kier molecular flexibility index (Phi) is 8.51. The van der Waals surface area contributed by atoms with E-state index in [9.17, 15) is 0 Å². The molecule has 264 valence electrons. The van der Waals surface area contributed by atoms with Gasteiger partial charge in [-0.05, 0) is 56.1 Å². The number of aromatic nitrogens is 3. The second-order valence-electron chi connectivity index (χ2n) is 14.2. The first-order valence-electron chi connectivity index (χ1n) is 19.1. The molecule has 0 atom stereocenters. The summed E-state index contributed by atoms with van der Waals surface area (Å²) in [6.45, 7) is 0. The van der Waals surface area contributed by atoms with Gasteiger partial charge in [-0.2, -0.15) is 0 Å². The summed E-state index contributed by atoms with van der Waals surface area (Å²) in [6, 6.07) is 80.8. The molecule has 0 aliphatic heterocycles. The third-order valence-electron chi connectivity index (χ3n) is 10.9. The SMILES string of the molecule is c1ccc(-c2nc(-c3cccc(-c4cccc([Si](c5ccccc5)(c5ccccc5)c5ccccc5)c4)c3)nc3c4ccccc4n(-c4ccccc4)c23)cc1. The van der Waals surface area contributed by atoms with Crippen LogP contribution in [0.25, 0.3) is 61.4 Å². The van der Waals surface area contributed by atoms with Gasteiger partial charge in [0.2, 0.25) is 0 Å². The van der Waals surface area contributed by atoms with Crippen molar-refractivity contribution >= 4 is 50.8 Å². The van der Waals surface area contributed by atoms with E-state index in [0.717, 1.165) is 55.6 Å². The van der Waals surface area contributed by atoms with Gasteiger partial charge in [-0.1, -0.05) is 200 Å². The van der Waals surface area contributed by atoms with Crippen molar-refractivity contribution in [1.29, 1.82) is 0 Å². The van der Waals surface area contributed by atoms with Crippen LogP contribution in [0.2, 0.25) is 0 Å². The number of hydrogen-bond donors (Lipinski definition) is 0. The predicted molar refractivity (Wildman–Crippen MR) is 236 cm³/mol. The van der Waals surface area contributed by atoms with E-state index in [1.807, 2.05) is 0 Å². The van der Waals surface area contributed by atoms with Gasteiger partial charge in [0, 0.05) is 22.2 Å². The molecular weight excluding hydrogens is 695 g/mol. The Morgan fingerprint density at radius 3 is 1.45 bits per heavy atom. The molecule has 0 saturated heterocycles. The predicted octanol–water partition coefficient (Wildman–Crippen LogP) is 9.95. The number of rotatable bonds is 8. The lowest BCUT2D eigenvalue weighted by Crippen LogP contribution is -2.74. The minimum absolute atomic E-state index is 0.701. The van der Waals surface area contributed by atoms with Crippen molar-refractivity contribution < 1.29 is 0 Å². The van der Waals surface area contributed by atoms with Gasteiger partial charge >= 0.3 is 0 Å². The van der Waals surface area contributed by atoms with Crippen LogP contribution >= 0.6 is 0 Å². The van der Waals surface area contributed by atoms with E-state index in [4.69, 9.17) is 9.97 Å². The van der Waals surface area contributed by atoms with Crippen LogP contribution < -0.4 is 20.7 Å². The Balaban J connectivity index is 1.17. The molecule has 0 fully saturated rings. The summed E-state index contributed by atoms with van der Waals surface area (Å²) in [4.78, 5) is 10.8. The molecular formula is C52H37N3Si. The summed E-state index contributed by atoms with van der Waals surface area (Å²) in [5.41, 5.74) is 9.33. The third kappa shape index (κ3) is 5.67. The van der Waals surface area contributed by atoms with Gasteiger partial charge in [-0.25, -0.2) is 9.97 Å². The van der Waals surface area contributed by atoms with E-state index < -0.39 is 8.07 Å². The normalized spacial score (nSPS) is 11.6. The average molecular weight is 732 g/mol. The highest BCUT2D eigenvalue weighted by Crippen LogP contribution is 2.38. The summed E-state index contributed by atoms with van der Waals surface area (Å²) in [5.74, 6) is 0.701. The molecule has 0 amide bonds. The van der Waals surface area contributed by atoms with Gasteiger partial charge in [0.05, 0.1) is 16.7 Å². The van der Waals surface area contributed by atoms with E-state index >= 15 is 0 Å². The standard InChI is InChI=1S/C52H37N3Si/c1-6-20-38(21-7-1)49-51-50(47-34-16-17-35-48(47)55(51)42-25-8-2-9-26-42)54-52(53-49)41-24-18-22-39(36-41)40-23-19-33-46(37-40)56(43-27-10-3-11-28-43,44-29-12-4-13-30-44)45-31-14-5-15-32-45/h1-37H. The fraction of sp³-hybridized carbons (Fsp3) is 0. The van der Waals surface area contributed by atoms with Gasteiger partial charge < -0.3 is 4.57 Å². The Bertz CT molecular complexity index is 2850. The highest BCUT2D eigenvalue weighted by Gasteiger charge is 2.41. The van der Waals surface area contributed by atoms with Crippen molar-refractivity contribution in [1.82, 2.24) is 14.5 Å². The van der Waals surface area contributed by atoms with Crippen LogP contribution in [0.15, 0.2) is 224 Å². The molecule has 10 aromatic rings. The first-order valence-corrected chi connectivity index (χ1v) is 21.1. The maximum atomic E-state index is 5.41. The van der Waals surface area contributed by atoms with E-state index in [1.165, 1.54) is 20.7 Å². The summed E-state index contributed by atoms with van der Waals surface area (Å²) >= 11 is 0. The summed E-state index contributed by atoms with van der Waals surface area (Å²) in [7, 11) is -2.70. The van der Waals surface area contributed by atoms with Crippen molar-refractivity contribution in [2.75, 3.05) is 0 Å². The molecule has 2 aromatic heterocycles. The zero-order valence-corrected chi connectivity index (χ0v) is 31.7. The zero-order chi connectivity index (χ0) is 37.3. The van der Waals surface area contributed by atoms with Gasteiger partial charge in [0.15, 0.2) is 13.9 Å². The lowest BCUT2D eigenvalue weighted by molar-refractivity contribution is 1.15. The Hall–Kier alpha value is -7.14. The molecule has 0 saturated carbocycles. The van der Waals surface area contributed by atoms with Crippen LogP contribution in [-0.4, -0.2) is 22.6 Å². The largest absolute Gasteiger partial charge is 0.306 e. The molecule has 56 heavy (non-hydrogen) atoms.